The number of nitrogens with zero attached hydrogens (tertiary/aromatic N) is 2. The second-order valence-electron chi connectivity index (χ2n) is 3.77. The van der Waals surface area contributed by atoms with Crippen LogP contribution in [0.4, 0.5) is 0 Å². The van der Waals surface area contributed by atoms with Crippen molar-refractivity contribution in [3.8, 4) is 0 Å². The molecule has 0 radical (unpaired) electrons. The molecule has 0 N–H and O–H groups in total. The Balaban J connectivity index is 2.68. The van der Waals surface area contributed by atoms with E-state index in [1.54, 1.807) is 11.5 Å². The fourth-order valence-electron chi connectivity index (χ4n) is 1.78. The predicted molar refractivity (Wildman–Crippen MR) is 69.1 cm³/mol. The molecule has 0 saturated heterocycles. The van der Waals surface area contributed by atoms with Gasteiger partial charge in [0.1, 0.15) is 11.3 Å². The van der Waals surface area contributed by atoms with Crippen LogP contribution in [0.1, 0.15) is 23.1 Å². The summed E-state index contributed by atoms with van der Waals surface area (Å²) in [4.78, 5) is 16.3. The molecule has 2 rings (SSSR count). The van der Waals surface area contributed by atoms with Gasteiger partial charge in [-0.1, -0.05) is 0 Å². The highest BCUT2D eigenvalue weighted by molar-refractivity contribution is 9.10. The number of aromatic nitrogens is 2. The van der Waals surface area contributed by atoms with Gasteiger partial charge in [0.2, 0.25) is 0 Å². The zero-order chi connectivity index (χ0) is 12.6. The average Bonchev–Trinajstić information content (AvgIpc) is 2.52. The van der Waals surface area contributed by atoms with Crippen LogP contribution in [0.2, 0.25) is 0 Å². The van der Waals surface area contributed by atoms with E-state index in [2.05, 4.69) is 20.9 Å². The lowest BCUT2D eigenvalue weighted by molar-refractivity contribution is 0.0514. The number of carbonyl (C=O) groups is 1. The summed E-state index contributed by atoms with van der Waals surface area (Å²) in [6, 6.07) is 3.87. The largest absolute Gasteiger partial charge is 0.461 e. The molecule has 0 aliphatic rings. The normalized spacial score (nSPS) is 10.8. The Bertz CT molecular complexity index is 590. The average molecular weight is 297 g/mol. The van der Waals surface area contributed by atoms with Crippen LogP contribution in [-0.2, 0) is 11.8 Å². The van der Waals surface area contributed by atoms with E-state index in [0.717, 1.165) is 21.2 Å². The van der Waals surface area contributed by atoms with Gasteiger partial charge in [0.25, 0.3) is 0 Å². The molecule has 0 bridgehead atoms. The molecule has 2 heterocycles. The summed E-state index contributed by atoms with van der Waals surface area (Å²) in [7, 11) is 1.81. The van der Waals surface area contributed by atoms with Crippen LogP contribution in [-0.4, -0.2) is 22.1 Å². The molecule has 0 unspecified atom stereocenters. The first-order chi connectivity index (χ1) is 8.06. The van der Waals surface area contributed by atoms with E-state index in [0.29, 0.717) is 12.3 Å². The maximum atomic E-state index is 11.8. The molecule has 17 heavy (non-hydrogen) atoms. The number of pyridine rings is 1. The molecule has 0 spiro atoms. The van der Waals surface area contributed by atoms with E-state index in [9.17, 15) is 4.79 Å². The first-order valence-electron chi connectivity index (χ1n) is 5.35. The van der Waals surface area contributed by atoms with E-state index < -0.39 is 0 Å². The van der Waals surface area contributed by atoms with E-state index in [4.69, 9.17) is 4.74 Å². The number of halogens is 1. The summed E-state index contributed by atoms with van der Waals surface area (Å²) in [5, 5.41) is 0.918. The number of esters is 1. The number of ether oxygens (including phenoxy) is 1. The SMILES string of the molecule is CCOC(=O)c1c(Br)c2ccc(C)nc2n1C. The molecule has 0 fully saturated rings. The summed E-state index contributed by atoms with van der Waals surface area (Å²) in [5.74, 6) is -0.336. The Labute approximate surface area is 108 Å². The Morgan fingerprint density at radius 2 is 2.24 bits per heavy atom. The van der Waals surface area contributed by atoms with Crippen LogP contribution in [0.25, 0.3) is 11.0 Å². The van der Waals surface area contributed by atoms with Gasteiger partial charge in [-0.05, 0) is 41.9 Å². The van der Waals surface area contributed by atoms with Crippen molar-refractivity contribution in [2.75, 3.05) is 6.61 Å². The van der Waals surface area contributed by atoms with Crippen molar-refractivity contribution in [1.29, 1.82) is 0 Å². The van der Waals surface area contributed by atoms with Crippen LogP contribution in [0.15, 0.2) is 16.6 Å². The Morgan fingerprint density at radius 1 is 1.53 bits per heavy atom. The minimum absolute atomic E-state index is 0.336. The van der Waals surface area contributed by atoms with Crippen LogP contribution in [0.3, 0.4) is 0 Å². The number of carbonyl (C=O) groups excluding carboxylic acids is 1. The first kappa shape index (κ1) is 12.1. The number of hydrogen-bond donors (Lipinski definition) is 0. The Hall–Kier alpha value is -1.36. The standard InChI is InChI=1S/C12H13BrN2O2/c1-4-17-12(16)10-9(13)8-6-5-7(2)14-11(8)15(10)3/h5-6H,4H2,1-3H3. The maximum absolute atomic E-state index is 11.8. The molecule has 0 amide bonds. The van der Waals surface area contributed by atoms with Crippen molar-refractivity contribution in [3.05, 3.63) is 28.0 Å². The molecule has 0 atom stereocenters. The fraction of sp³-hybridized carbons (Fsp3) is 0.333. The topological polar surface area (TPSA) is 44.1 Å². The van der Waals surface area contributed by atoms with E-state index in [1.165, 1.54) is 0 Å². The van der Waals surface area contributed by atoms with Crippen molar-refractivity contribution in [2.45, 2.75) is 13.8 Å². The fourth-order valence-corrected chi connectivity index (χ4v) is 2.51. The minimum Gasteiger partial charge on any atom is -0.461 e. The van der Waals surface area contributed by atoms with Gasteiger partial charge in [0.05, 0.1) is 11.1 Å². The van der Waals surface area contributed by atoms with Gasteiger partial charge in [-0.2, -0.15) is 0 Å². The van der Waals surface area contributed by atoms with E-state index >= 15 is 0 Å². The third kappa shape index (κ3) is 1.95. The highest BCUT2D eigenvalue weighted by Crippen LogP contribution is 2.29. The molecular weight excluding hydrogens is 284 g/mol. The second kappa shape index (κ2) is 4.49. The summed E-state index contributed by atoms with van der Waals surface area (Å²) in [6.07, 6.45) is 0. The monoisotopic (exact) mass is 296 g/mol. The highest BCUT2D eigenvalue weighted by Gasteiger charge is 2.21. The van der Waals surface area contributed by atoms with Crippen molar-refractivity contribution >= 4 is 32.9 Å². The van der Waals surface area contributed by atoms with Crippen LogP contribution < -0.4 is 0 Å². The van der Waals surface area contributed by atoms with Crippen molar-refractivity contribution in [1.82, 2.24) is 9.55 Å². The van der Waals surface area contributed by atoms with Gasteiger partial charge < -0.3 is 9.30 Å². The van der Waals surface area contributed by atoms with Crippen LogP contribution >= 0.6 is 15.9 Å². The molecule has 2 aromatic rings. The van der Waals surface area contributed by atoms with Gasteiger partial charge in [0.15, 0.2) is 0 Å². The summed E-state index contributed by atoms with van der Waals surface area (Å²) in [5.41, 5.74) is 2.20. The van der Waals surface area contributed by atoms with E-state index in [-0.39, 0.29) is 5.97 Å². The van der Waals surface area contributed by atoms with Gasteiger partial charge in [0, 0.05) is 18.1 Å². The lowest BCUT2D eigenvalue weighted by atomic mass is 10.3. The summed E-state index contributed by atoms with van der Waals surface area (Å²) >= 11 is 3.44. The van der Waals surface area contributed by atoms with Crippen molar-refractivity contribution in [2.24, 2.45) is 7.05 Å². The maximum Gasteiger partial charge on any atom is 0.356 e. The van der Waals surface area contributed by atoms with Gasteiger partial charge in [-0.3, -0.25) is 0 Å². The number of rotatable bonds is 2. The Morgan fingerprint density at radius 3 is 2.88 bits per heavy atom. The van der Waals surface area contributed by atoms with Gasteiger partial charge in [-0.15, -0.1) is 0 Å². The molecule has 5 heteroatoms. The van der Waals surface area contributed by atoms with Crippen molar-refractivity contribution in [3.63, 3.8) is 0 Å². The molecule has 2 aromatic heterocycles. The lowest BCUT2D eigenvalue weighted by Crippen LogP contribution is -2.10. The number of fused-ring (bicyclic) bond motifs is 1. The Kier molecular flexibility index (Phi) is 3.19. The third-order valence-corrected chi connectivity index (χ3v) is 3.38. The highest BCUT2D eigenvalue weighted by atomic mass is 79.9. The summed E-state index contributed by atoms with van der Waals surface area (Å²) in [6.45, 7) is 4.07. The molecular formula is C12H13BrN2O2. The third-order valence-electron chi connectivity index (χ3n) is 2.58. The molecule has 0 aromatic carbocycles. The summed E-state index contributed by atoms with van der Waals surface area (Å²) < 4.78 is 7.52. The zero-order valence-electron chi connectivity index (χ0n) is 9.95. The lowest BCUT2D eigenvalue weighted by Gasteiger charge is -2.03. The molecule has 90 valence electrons. The first-order valence-corrected chi connectivity index (χ1v) is 6.14. The van der Waals surface area contributed by atoms with E-state index in [1.807, 2.05) is 26.1 Å². The van der Waals surface area contributed by atoms with Gasteiger partial charge >= 0.3 is 5.97 Å². The minimum atomic E-state index is -0.336. The molecule has 4 nitrogen and oxygen atoms in total. The quantitative estimate of drug-likeness (QED) is 0.801. The van der Waals surface area contributed by atoms with Crippen LogP contribution in [0.5, 0.6) is 0 Å². The molecule has 0 aliphatic heterocycles. The number of aryl methyl sites for hydroxylation is 2. The van der Waals surface area contributed by atoms with Crippen molar-refractivity contribution < 1.29 is 9.53 Å². The van der Waals surface area contributed by atoms with Gasteiger partial charge in [-0.25, -0.2) is 9.78 Å². The van der Waals surface area contributed by atoms with Crippen LogP contribution in [0, 0.1) is 6.92 Å². The number of hydrogen-bond acceptors (Lipinski definition) is 3. The smallest absolute Gasteiger partial charge is 0.356 e. The molecule has 0 aliphatic carbocycles. The predicted octanol–water partition coefficient (Wildman–Crippen LogP) is 2.82. The zero-order valence-corrected chi connectivity index (χ0v) is 11.5. The second-order valence-corrected chi connectivity index (χ2v) is 4.56. The molecule has 0 saturated carbocycles.